The van der Waals surface area contributed by atoms with Crippen molar-refractivity contribution in [3.63, 3.8) is 0 Å². The molecule has 2 heterocycles. The van der Waals surface area contributed by atoms with Crippen molar-refractivity contribution in [3.8, 4) is 0 Å². The molecule has 5 heteroatoms. The van der Waals surface area contributed by atoms with Crippen LogP contribution >= 0.6 is 0 Å². The highest BCUT2D eigenvalue weighted by Gasteiger charge is 2.53. The van der Waals surface area contributed by atoms with E-state index in [1.165, 1.54) is 0 Å². The van der Waals surface area contributed by atoms with Gasteiger partial charge in [-0.05, 0) is 13.8 Å². The normalized spacial score (nSPS) is 44.8. The van der Waals surface area contributed by atoms with Gasteiger partial charge in [-0.25, -0.2) is 0 Å². The van der Waals surface area contributed by atoms with Gasteiger partial charge in [0, 0.05) is 0 Å². The summed E-state index contributed by atoms with van der Waals surface area (Å²) in [6.07, 6.45) is -1.39. The van der Waals surface area contributed by atoms with Crippen molar-refractivity contribution in [1.29, 1.82) is 0 Å². The maximum atomic E-state index is 9.53. The summed E-state index contributed by atoms with van der Waals surface area (Å²) < 4.78 is 15.8. The van der Waals surface area contributed by atoms with E-state index < -0.39 is 24.3 Å². The number of rotatable bonds is 0. The Bertz CT molecular complexity index is 247. The second kappa shape index (κ2) is 2.60. The minimum atomic E-state index is -0.947. The number of aliphatic hydroxyl groups is 2. The molecule has 2 unspecified atom stereocenters. The summed E-state index contributed by atoms with van der Waals surface area (Å²) in [5.74, 6) is -0.650. The summed E-state index contributed by atoms with van der Waals surface area (Å²) in [5, 5.41) is 18.2. The van der Waals surface area contributed by atoms with Gasteiger partial charge in [0.25, 0.3) is 0 Å². The fraction of sp³-hybridized carbons (Fsp3) is 0.750. The summed E-state index contributed by atoms with van der Waals surface area (Å²) in [6.45, 7) is 3.48. The van der Waals surface area contributed by atoms with Gasteiger partial charge in [-0.1, -0.05) is 0 Å². The van der Waals surface area contributed by atoms with Crippen LogP contribution in [0.4, 0.5) is 0 Å². The third-order valence-corrected chi connectivity index (χ3v) is 2.07. The van der Waals surface area contributed by atoms with Crippen LogP contribution in [-0.4, -0.2) is 34.5 Å². The Morgan fingerprint density at radius 3 is 2.62 bits per heavy atom. The van der Waals surface area contributed by atoms with Gasteiger partial charge in [-0.3, -0.25) is 0 Å². The van der Waals surface area contributed by atoms with E-state index >= 15 is 0 Å². The van der Waals surface area contributed by atoms with E-state index in [0.717, 1.165) is 6.26 Å². The predicted octanol–water partition coefficient (Wildman–Crippen LogP) is 0.254. The van der Waals surface area contributed by atoms with Gasteiger partial charge < -0.3 is 24.4 Å². The first-order valence-electron chi connectivity index (χ1n) is 4.08. The molecule has 5 nitrogen and oxygen atoms in total. The summed E-state index contributed by atoms with van der Waals surface area (Å²) in [5.41, 5.74) is 0. The Labute approximate surface area is 75.5 Å². The average molecular weight is 188 g/mol. The molecule has 3 atom stereocenters. The van der Waals surface area contributed by atoms with Gasteiger partial charge >= 0.3 is 0 Å². The molecule has 0 bridgehead atoms. The smallest absolute Gasteiger partial charge is 0.231 e. The largest absolute Gasteiger partial charge is 0.512 e. The lowest BCUT2D eigenvalue weighted by Crippen LogP contribution is -2.29. The molecule has 2 rings (SSSR count). The second-order valence-electron chi connectivity index (χ2n) is 3.56. The van der Waals surface area contributed by atoms with Gasteiger partial charge in [0.2, 0.25) is 6.29 Å². The van der Waals surface area contributed by atoms with Gasteiger partial charge in [0.15, 0.2) is 17.7 Å². The van der Waals surface area contributed by atoms with E-state index in [0.29, 0.717) is 0 Å². The Morgan fingerprint density at radius 1 is 1.38 bits per heavy atom. The highest BCUT2D eigenvalue weighted by atomic mass is 16.8. The molecule has 74 valence electrons. The van der Waals surface area contributed by atoms with Crippen LogP contribution in [0.25, 0.3) is 0 Å². The number of aliphatic hydroxyl groups excluding tert-OH is 2. The molecule has 0 spiro atoms. The van der Waals surface area contributed by atoms with Crippen molar-refractivity contribution in [1.82, 2.24) is 0 Å². The zero-order valence-corrected chi connectivity index (χ0v) is 7.43. The maximum Gasteiger partial charge on any atom is 0.231 e. The minimum absolute atomic E-state index is 0.0884. The van der Waals surface area contributed by atoms with Gasteiger partial charge in [-0.2, -0.15) is 0 Å². The fourth-order valence-corrected chi connectivity index (χ4v) is 1.53. The number of hydrogen-bond donors (Lipinski definition) is 2. The zero-order chi connectivity index (χ0) is 9.64. The minimum Gasteiger partial charge on any atom is -0.512 e. The van der Waals surface area contributed by atoms with Crippen molar-refractivity contribution in [2.45, 2.75) is 38.1 Å². The molecule has 0 saturated carbocycles. The molecular weight excluding hydrogens is 176 g/mol. The van der Waals surface area contributed by atoms with E-state index in [4.69, 9.17) is 19.3 Å². The number of ether oxygens (including phenoxy) is 3. The van der Waals surface area contributed by atoms with E-state index in [-0.39, 0.29) is 5.76 Å². The molecule has 0 radical (unpaired) electrons. The first-order chi connectivity index (χ1) is 6.03. The van der Waals surface area contributed by atoms with Crippen LogP contribution in [-0.2, 0) is 14.2 Å². The lowest BCUT2D eigenvalue weighted by Gasteiger charge is -2.19. The molecule has 2 fully saturated rings. The Balaban J connectivity index is 2.16. The zero-order valence-electron chi connectivity index (χ0n) is 7.43. The first-order valence-corrected chi connectivity index (χ1v) is 4.08. The van der Waals surface area contributed by atoms with Crippen LogP contribution in [0.1, 0.15) is 13.8 Å². The Morgan fingerprint density at radius 2 is 2.08 bits per heavy atom. The first kappa shape index (κ1) is 8.80. The molecule has 0 aromatic heterocycles. The van der Waals surface area contributed by atoms with Crippen molar-refractivity contribution < 1.29 is 24.4 Å². The molecule has 13 heavy (non-hydrogen) atoms. The molecule has 0 aliphatic carbocycles. The predicted molar refractivity (Wildman–Crippen MR) is 41.6 cm³/mol. The van der Waals surface area contributed by atoms with Crippen LogP contribution in [0.5, 0.6) is 0 Å². The molecule has 2 N–H and O–H groups in total. The highest BCUT2D eigenvalue weighted by molar-refractivity contribution is 5.08. The van der Waals surface area contributed by atoms with Gasteiger partial charge in [0.1, 0.15) is 12.4 Å². The standard InChI is InChI=1S/C8H12O5/c1-8(2)12-6-5(10)4(3-9)11-7(6)13-8/h3,5-7,9-10H,1-2H3/b4-3+/t5-,6?,7?/m1/s1. The topological polar surface area (TPSA) is 68.2 Å². The van der Waals surface area contributed by atoms with Crippen molar-refractivity contribution in [3.05, 3.63) is 12.0 Å². The van der Waals surface area contributed by atoms with E-state index in [2.05, 4.69) is 0 Å². The summed E-state index contributed by atoms with van der Waals surface area (Å²) in [7, 11) is 0. The van der Waals surface area contributed by atoms with Crippen molar-refractivity contribution in [2.24, 2.45) is 0 Å². The second-order valence-corrected chi connectivity index (χ2v) is 3.56. The van der Waals surface area contributed by atoms with Gasteiger partial charge in [-0.15, -0.1) is 0 Å². The Kier molecular flexibility index (Phi) is 1.76. The summed E-state index contributed by atoms with van der Waals surface area (Å²) >= 11 is 0. The third-order valence-electron chi connectivity index (χ3n) is 2.07. The molecule has 2 aliphatic heterocycles. The number of hydrogen-bond acceptors (Lipinski definition) is 5. The molecule has 0 amide bonds. The monoisotopic (exact) mass is 188 g/mol. The SMILES string of the molecule is CC1(C)OC2O/C(=C/O)[C@@H](O)C2O1. The van der Waals surface area contributed by atoms with Crippen LogP contribution < -0.4 is 0 Å². The molecule has 2 aliphatic rings. The molecule has 0 aromatic carbocycles. The van der Waals surface area contributed by atoms with Crippen LogP contribution in [0.2, 0.25) is 0 Å². The van der Waals surface area contributed by atoms with Crippen LogP contribution in [0.15, 0.2) is 12.0 Å². The highest BCUT2D eigenvalue weighted by Crippen LogP contribution is 2.38. The summed E-state index contributed by atoms with van der Waals surface area (Å²) in [4.78, 5) is 0. The lowest BCUT2D eigenvalue weighted by atomic mass is 10.2. The van der Waals surface area contributed by atoms with E-state index in [9.17, 15) is 5.11 Å². The maximum absolute atomic E-state index is 9.53. The third kappa shape index (κ3) is 1.29. The van der Waals surface area contributed by atoms with Crippen LogP contribution in [0, 0.1) is 0 Å². The lowest BCUT2D eigenvalue weighted by molar-refractivity contribution is -0.189. The fourth-order valence-electron chi connectivity index (χ4n) is 1.53. The van der Waals surface area contributed by atoms with E-state index in [1.807, 2.05) is 0 Å². The molecule has 0 aromatic rings. The number of fused-ring (bicyclic) bond motifs is 1. The summed E-state index contributed by atoms with van der Waals surface area (Å²) in [6, 6.07) is 0. The average Bonchev–Trinajstić information content (AvgIpc) is 2.47. The molecule has 2 saturated heterocycles. The van der Waals surface area contributed by atoms with Crippen molar-refractivity contribution in [2.75, 3.05) is 0 Å². The quantitative estimate of drug-likeness (QED) is 0.533. The molecular formula is C8H12O5. The van der Waals surface area contributed by atoms with E-state index in [1.54, 1.807) is 13.8 Å². The van der Waals surface area contributed by atoms with Gasteiger partial charge in [0.05, 0.1) is 0 Å². The van der Waals surface area contributed by atoms with Crippen molar-refractivity contribution >= 4 is 0 Å². The van der Waals surface area contributed by atoms with Crippen LogP contribution in [0.3, 0.4) is 0 Å². The Hall–Kier alpha value is -0.780.